The van der Waals surface area contributed by atoms with Gasteiger partial charge >= 0.3 is 5.97 Å². The molecule has 3 nitrogen and oxygen atoms in total. The first-order valence-corrected chi connectivity index (χ1v) is 8.72. The standard InChI is InChI=1S/C21H23NO2/c1-22(19-9-7-16(8-10-19)21(23)24-2)20-12-17(14-3-4-14)11-18(13-20)15-5-6-15/h7-15H,3-6H2,1-2H3. The second kappa shape index (κ2) is 5.97. The molecule has 0 unspecified atom stereocenters. The van der Waals surface area contributed by atoms with Crippen molar-refractivity contribution in [1.82, 2.24) is 0 Å². The summed E-state index contributed by atoms with van der Waals surface area (Å²) in [5, 5.41) is 0. The number of methoxy groups -OCH3 is 1. The monoisotopic (exact) mass is 321 g/mol. The summed E-state index contributed by atoms with van der Waals surface area (Å²) in [6.45, 7) is 0. The quantitative estimate of drug-likeness (QED) is 0.726. The maximum Gasteiger partial charge on any atom is 0.337 e. The molecular formula is C21H23NO2. The SMILES string of the molecule is COC(=O)c1ccc(N(C)c2cc(C3CC3)cc(C3CC3)c2)cc1. The minimum atomic E-state index is -0.295. The Balaban J connectivity index is 1.63. The van der Waals surface area contributed by atoms with E-state index in [1.165, 1.54) is 49.6 Å². The van der Waals surface area contributed by atoms with Crippen molar-refractivity contribution in [3.63, 3.8) is 0 Å². The van der Waals surface area contributed by atoms with Gasteiger partial charge < -0.3 is 9.64 Å². The van der Waals surface area contributed by atoms with Crippen LogP contribution >= 0.6 is 0 Å². The minimum Gasteiger partial charge on any atom is -0.465 e. The summed E-state index contributed by atoms with van der Waals surface area (Å²) < 4.78 is 4.77. The molecule has 0 amide bonds. The van der Waals surface area contributed by atoms with Crippen LogP contribution in [0, 0.1) is 0 Å². The number of carbonyl (C=O) groups excluding carboxylic acids is 1. The van der Waals surface area contributed by atoms with Crippen LogP contribution < -0.4 is 4.90 Å². The Kier molecular flexibility index (Phi) is 3.79. The van der Waals surface area contributed by atoms with Crippen molar-refractivity contribution in [2.24, 2.45) is 0 Å². The third-order valence-corrected chi connectivity index (χ3v) is 5.12. The van der Waals surface area contributed by atoms with Crippen molar-refractivity contribution in [3.8, 4) is 0 Å². The van der Waals surface area contributed by atoms with Crippen LogP contribution in [0.5, 0.6) is 0 Å². The number of nitrogens with zero attached hydrogens (tertiary/aromatic N) is 1. The first kappa shape index (κ1) is 15.3. The van der Waals surface area contributed by atoms with Gasteiger partial charge in [0, 0.05) is 18.4 Å². The van der Waals surface area contributed by atoms with Crippen molar-refractivity contribution in [2.45, 2.75) is 37.5 Å². The van der Waals surface area contributed by atoms with Crippen LogP contribution in [0.2, 0.25) is 0 Å². The van der Waals surface area contributed by atoms with Gasteiger partial charge in [0.1, 0.15) is 0 Å². The van der Waals surface area contributed by atoms with Crippen LogP contribution in [-0.2, 0) is 4.74 Å². The molecule has 0 spiro atoms. The minimum absolute atomic E-state index is 0.295. The van der Waals surface area contributed by atoms with E-state index in [0.29, 0.717) is 5.56 Å². The Morgan fingerprint density at radius 2 is 1.46 bits per heavy atom. The van der Waals surface area contributed by atoms with Gasteiger partial charge in [-0.05, 0) is 85.0 Å². The number of carbonyl (C=O) groups is 1. The van der Waals surface area contributed by atoms with Crippen LogP contribution in [0.4, 0.5) is 11.4 Å². The third-order valence-electron chi connectivity index (χ3n) is 5.12. The fourth-order valence-corrected chi connectivity index (χ4v) is 3.25. The van der Waals surface area contributed by atoms with E-state index in [2.05, 4.69) is 30.1 Å². The number of rotatable bonds is 5. The molecule has 0 heterocycles. The average molecular weight is 321 g/mol. The molecule has 0 aliphatic heterocycles. The van der Waals surface area contributed by atoms with Gasteiger partial charge in [-0.25, -0.2) is 4.79 Å². The zero-order valence-corrected chi connectivity index (χ0v) is 14.3. The lowest BCUT2D eigenvalue weighted by atomic mass is 10.0. The summed E-state index contributed by atoms with van der Waals surface area (Å²) in [6, 6.07) is 14.7. The van der Waals surface area contributed by atoms with Gasteiger partial charge in [-0.1, -0.05) is 6.07 Å². The molecule has 2 fully saturated rings. The summed E-state index contributed by atoms with van der Waals surface area (Å²) in [5.41, 5.74) is 5.89. The van der Waals surface area contributed by atoms with Crippen LogP contribution in [0.15, 0.2) is 42.5 Å². The smallest absolute Gasteiger partial charge is 0.337 e. The fourth-order valence-electron chi connectivity index (χ4n) is 3.25. The molecule has 3 heteroatoms. The molecule has 0 radical (unpaired) electrons. The van der Waals surface area contributed by atoms with E-state index in [-0.39, 0.29) is 5.97 Å². The van der Waals surface area contributed by atoms with Gasteiger partial charge in [0.15, 0.2) is 0 Å². The predicted molar refractivity (Wildman–Crippen MR) is 96.2 cm³/mol. The van der Waals surface area contributed by atoms with E-state index in [1.807, 2.05) is 24.3 Å². The second-order valence-corrected chi connectivity index (χ2v) is 7.00. The Hall–Kier alpha value is -2.29. The van der Waals surface area contributed by atoms with Gasteiger partial charge in [0.2, 0.25) is 0 Å². The maximum absolute atomic E-state index is 11.6. The highest BCUT2D eigenvalue weighted by molar-refractivity contribution is 5.89. The zero-order chi connectivity index (χ0) is 16.7. The highest BCUT2D eigenvalue weighted by Gasteiger charge is 2.29. The number of benzene rings is 2. The highest BCUT2D eigenvalue weighted by Crippen LogP contribution is 2.46. The van der Waals surface area contributed by atoms with Gasteiger partial charge in [-0.2, -0.15) is 0 Å². The number of ether oxygens (including phenoxy) is 1. The summed E-state index contributed by atoms with van der Waals surface area (Å²) >= 11 is 0. The van der Waals surface area contributed by atoms with E-state index in [9.17, 15) is 4.79 Å². The molecule has 2 aliphatic carbocycles. The average Bonchev–Trinajstić information content (AvgIpc) is 3.52. The first-order valence-electron chi connectivity index (χ1n) is 8.72. The number of hydrogen-bond acceptors (Lipinski definition) is 3. The van der Waals surface area contributed by atoms with E-state index < -0.39 is 0 Å². The van der Waals surface area contributed by atoms with Gasteiger partial charge in [-0.15, -0.1) is 0 Å². The molecule has 0 bridgehead atoms. The maximum atomic E-state index is 11.6. The van der Waals surface area contributed by atoms with Crippen LogP contribution in [0.25, 0.3) is 0 Å². The number of esters is 1. The molecule has 0 aromatic heterocycles. The number of hydrogen-bond donors (Lipinski definition) is 0. The Bertz CT molecular complexity index is 728. The molecule has 2 saturated carbocycles. The van der Waals surface area contributed by atoms with Gasteiger partial charge in [0.05, 0.1) is 12.7 Å². The lowest BCUT2D eigenvalue weighted by Gasteiger charge is -2.22. The van der Waals surface area contributed by atoms with E-state index in [1.54, 1.807) is 0 Å². The molecule has 2 aromatic rings. The summed E-state index contributed by atoms with van der Waals surface area (Å²) in [7, 11) is 3.50. The molecule has 2 aromatic carbocycles. The molecule has 0 saturated heterocycles. The second-order valence-electron chi connectivity index (χ2n) is 7.00. The van der Waals surface area contributed by atoms with Crippen molar-refractivity contribution in [3.05, 3.63) is 59.2 Å². The van der Waals surface area contributed by atoms with Gasteiger partial charge in [0.25, 0.3) is 0 Å². The van der Waals surface area contributed by atoms with Crippen molar-refractivity contribution < 1.29 is 9.53 Å². The molecular weight excluding hydrogens is 298 g/mol. The Morgan fingerprint density at radius 3 is 1.92 bits per heavy atom. The molecule has 0 N–H and O–H groups in total. The Labute approximate surface area is 143 Å². The van der Waals surface area contributed by atoms with E-state index in [0.717, 1.165) is 17.5 Å². The van der Waals surface area contributed by atoms with Gasteiger partial charge in [-0.3, -0.25) is 0 Å². The highest BCUT2D eigenvalue weighted by atomic mass is 16.5. The molecule has 0 atom stereocenters. The molecule has 4 rings (SSSR count). The van der Waals surface area contributed by atoms with Crippen molar-refractivity contribution in [2.75, 3.05) is 19.1 Å². The molecule has 2 aliphatic rings. The lowest BCUT2D eigenvalue weighted by molar-refractivity contribution is 0.0601. The first-order chi connectivity index (χ1) is 11.7. The van der Waals surface area contributed by atoms with E-state index >= 15 is 0 Å². The van der Waals surface area contributed by atoms with Crippen molar-refractivity contribution >= 4 is 17.3 Å². The summed E-state index contributed by atoms with van der Waals surface area (Å²) in [6.07, 6.45) is 5.30. The molecule has 24 heavy (non-hydrogen) atoms. The van der Waals surface area contributed by atoms with Crippen molar-refractivity contribution in [1.29, 1.82) is 0 Å². The third kappa shape index (κ3) is 3.03. The van der Waals surface area contributed by atoms with E-state index in [4.69, 9.17) is 4.74 Å². The van der Waals surface area contributed by atoms with Crippen LogP contribution in [0.3, 0.4) is 0 Å². The normalized spacial score (nSPS) is 16.8. The topological polar surface area (TPSA) is 29.5 Å². The van der Waals surface area contributed by atoms with Crippen LogP contribution in [-0.4, -0.2) is 20.1 Å². The summed E-state index contributed by atoms with van der Waals surface area (Å²) in [5.74, 6) is 1.23. The number of anilines is 2. The Morgan fingerprint density at radius 1 is 0.917 bits per heavy atom. The zero-order valence-electron chi connectivity index (χ0n) is 14.3. The predicted octanol–water partition coefficient (Wildman–Crippen LogP) is 5.00. The largest absolute Gasteiger partial charge is 0.465 e. The van der Waals surface area contributed by atoms with Crippen LogP contribution in [0.1, 0.15) is 59.0 Å². The fraction of sp³-hybridized carbons (Fsp3) is 0.381. The summed E-state index contributed by atoms with van der Waals surface area (Å²) in [4.78, 5) is 13.8. The lowest BCUT2D eigenvalue weighted by Crippen LogP contribution is -2.11. The molecule has 124 valence electrons.